The average Bonchev–Trinajstić information content (AvgIpc) is 2.32. The maximum atomic E-state index is 11.2. The summed E-state index contributed by atoms with van der Waals surface area (Å²) in [6, 6.07) is 0. The molecule has 0 saturated carbocycles. The van der Waals surface area contributed by atoms with Gasteiger partial charge >= 0.3 is 0 Å². The zero-order valence-electron chi connectivity index (χ0n) is 5.82. The molecule has 6 heteroatoms. The normalized spacial score (nSPS) is 16.2. The Labute approximate surface area is 62.6 Å². The molecule has 0 aromatic carbocycles. The van der Waals surface area contributed by atoms with E-state index < -0.39 is 0 Å². The molecule has 2 heterocycles. The smallest absolute Gasteiger partial charge is 0.295 e. The third kappa shape index (κ3) is 0.957. The highest BCUT2D eigenvalue weighted by Crippen LogP contribution is 2.08. The lowest BCUT2D eigenvalue weighted by molar-refractivity contribution is 0.0639. The fourth-order valence-electron chi connectivity index (χ4n) is 0.913. The first kappa shape index (κ1) is 6.26. The van der Waals surface area contributed by atoms with Crippen LogP contribution in [0.5, 0.6) is 0 Å². The van der Waals surface area contributed by atoms with Gasteiger partial charge in [-0.25, -0.2) is 0 Å². The van der Waals surface area contributed by atoms with Crippen LogP contribution in [0.4, 0.5) is 0 Å². The van der Waals surface area contributed by atoms with Gasteiger partial charge in [-0.05, 0) is 11.6 Å². The van der Waals surface area contributed by atoms with Crippen LogP contribution in [-0.4, -0.2) is 44.5 Å². The van der Waals surface area contributed by atoms with E-state index in [-0.39, 0.29) is 11.7 Å². The van der Waals surface area contributed by atoms with Gasteiger partial charge in [-0.2, -0.15) is 5.21 Å². The first-order chi connectivity index (χ1) is 5.38. The van der Waals surface area contributed by atoms with Crippen LogP contribution in [0, 0.1) is 0 Å². The van der Waals surface area contributed by atoms with Gasteiger partial charge in [0.1, 0.15) is 0 Å². The third-order valence-electron chi connectivity index (χ3n) is 1.68. The highest BCUT2D eigenvalue weighted by Gasteiger charge is 2.24. The number of aromatic amines is 1. The number of tetrazole rings is 1. The van der Waals surface area contributed by atoms with Crippen LogP contribution in [0.1, 0.15) is 17.0 Å². The van der Waals surface area contributed by atoms with Crippen LogP contribution in [0.15, 0.2) is 0 Å². The van der Waals surface area contributed by atoms with Crippen molar-refractivity contribution in [1.82, 2.24) is 25.5 Å². The molecule has 0 radical (unpaired) electrons. The van der Waals surface area contributed by atoms with E-state index in [0.717, 1.165) is 19.5 Å². The van der Waals surface area contributed by atoms with Gasteiger partial charge in [0.2, 0.25) is 0 Å². The van der Waals surface area contributed by atoms with Crippen LogP contribution < -0.4 is 0 Å². The van der Waals surface area contributed by atoms with Crippen LogP contribution in [-0.2, 0) is 0 Å². The lowest BCUT2D eigenvalue weighted by atomic mass is 10.2. The summed E-state index contributed by atoms with van der Waals surface area (Å²) in [5.41, 5.74) is 0. The standard InChI is InChI=1S/C5H7N5O/c11-5(10-2-1-3-10)4-6-8-9-7-4/h1-3H2,(H,6,7,8,9). The number of aromatic nitrogens is 4. The average molecular weight is 153 g/mol. The highest BCUT2D eigenvalue weighted by molar-refractivity contribution is 5.90. The molecule has 1 aliphatic heterocycles. The van der Waals surface area contributed by atoms with Crippen LogP contribution in [0.25, 0.3) is 0 Å². The van der Waals surface area contributed by atoms with Crippen LogP contribution >= 0.6 is 0 Å². The molecule has 1 saturated heterocycles. The predicted molar refractivity (Wildman–Crippen MR) is 34.7 cm³/mol. The second-order valence-corrected chi connectivity index (χ2v) is 2.38. The number of H-pyrrole nitrogens is 1. The fourth-order valence-corrected chi connectivity index (χ4v) is 0.913. The van der Waals surface area contributed by atoms with E-state index in [9.17, 15) is 4.79 Å². The van der Waals surface area contributed by atoms with Crippen molar-refractivity contribution in [2.75, 3.05) is 13.1 Å². The summed E-state index contributed by atoms with van der Waals surface area (Å²) < 4.78 is 0. The Kier molecular flexibility index (Phi) is 1.31. The summed E-state index contributed by atoms with van der Waals surface area (Å²) in [6.45, 7) is 1.63. The number of likely N-dealkylation sites (tertiary alicyclic amines) is 1. The first-order valence-corrected chi connectivity index (χ1v) is 3.40. The highest BCUT2D eigenvalue weighted by atomic mass is 16.2. The Bertz CT molecular complexity index is 252. The zero-order chi connectivity index (χ0) is 7.68. The number of carbonyl (C=O) groups is 1. The Balaban J connectivity index is 2.10. The summed E-state index contributed by atoms with van der Waals surface area (Å²) in [5.74, 6) is 0.0229. The Morgan fingerprint density at radius 3 is 2.82 bits per heavy atom. The molecule has 1 aromatic heterocycles. The summed E-state index contributed by atoms with van der Waals surface area (Å²) >= 11 is 0. The molecule has 0 bridgehead atoms. The molecule has 0 spiro atoms. The summed E-state index contributed by atoms with van der Waals surface area (Å²) in [5, 5.41) is 12.7. The SMILES string of the molecule is O=C(c1nn[nH]n1)N1CCC1. The molecule has 58 valence electrons. The van der Waals surface area contributed by atoms with E-state index in [1.807, 2.05) is 0 Å². The number of amides is 1. The minimum atomic E-state index is -0.134. The topological polar surface area (TPSA) is 74.8 Å². The summed E-state index contributed by atoms with van der Waals surface area (Å²) in [7, 11) is 0. The van der Waals surface area contributed by atoms with Crippen molar-refractivity contribution < 1.29 is 4.79 Å². The minimum absolute atomic E-state index is 0.134. The van der Waals surface area contributed by atoms with Gasteiger partial charge in [-0.1, -0.05) is 0 Å². The Morgan fingerprint density at radius 1 is 1.55 bits per heavy atom. The van der Waals surface area contributed by atoms with Gasteiger partial charge in [-0.3, -0.25) is 4.79 Å². The van der Waals surface area contributed by atoms with Gasteiger partial charge in [0, 0.05) is 13.1 Å². The second-order valence-electron chi connectivity index (χ2n) is 2.38. The molecule has 1 amide bonds. The summed E-state index contributed by atoms with van der Waals surface area (Å²) in [6.07, 6.45) is 1.07. The van der Waals surface area contributed by atoms with E-state index in [0.29, 0.717) is 0 Å². The molecule has 1 aromatic rings. The van der Waals surface area contributed by atoms with Crippen molar-refractivity contribution >= 4 is 5.91 Å². The minimum Gasteiger partial charge on any atom is -0.336 e. The molecule has 2 rings (SSSR count). The number of nitrogens with zero attached hydrogens (tertiary/aromatic N) is 4. The van der Waals surface area contributed by atoms with Gasteiger partial charge in [0.25, 0.3) is 11.7 Å². The van der Waals surface area contributed by atoms with Crippen molar-refractivity contribution in [3.8, 4) is 0 Å². The van der Waals surface area contributed by atoms with Crippen LogP contribution in [0.3, 0.4) is 0 Å². The van der Waals surface area contributed by atoms with Gasteiger partial charge in [0.05, 0.1) is 0 Å². The van der Waals surface area contributed by atoms with E-state index in [4.69, 9.17) is 0 Å². The van der Waals surface area contributed by atoms with E-state index in [1.165, 1.54) is 0 Å². The largest absolute Gasteiger partial charge is 0.336 e. The van der Waals surface area contributed by atoms with Crippen molar-refractivity contribution in [2.45, 2.75) is 6.42 Å². The predicted octanol–water partition coefficient (Wildman–Crippen LogP) is -0.954. The lowest BCUT2D eigenvalue weighted by Gasteiger charge is -2.29. The second kappa shape index (κ2) is 2.30. The molecule has 1 N–H and O–H groups in total. The van der Waals surface area contributed by atoms with Crippen molar-refractivity contribution in [3.05, 3.63) is 5.82 Å². The maximum Gasteiger partial charge on any atom is 0.295 e. The van der Waals surface area contributed by atoms with E-state index in [2.05, 4.69) is 20.6 Å². The zero-order valence-corrected chi connectivity index (χ0v) is 5.82. The molecule has 1 fully saturated rings. The van der Waals surface area contributed by atoms with Crippen LogP contribution in [0.2, 0.25) is 0 Å². The quantitative estimate of drug-likeness (QED) is 0.564. The Morgan fingerprint density at radius 2 is 2.36 bits per heavy atom. The molecule has 0 atom stereocenters. The number of hydrogen-bond donors (Lipinski definition) is 1. The van der Waals surface area contributed by atoms with Gasteiger partial charge in [0.15, 0.2) is 0 Å². The Hall–Kier alpha value is -1.46. The number of hydrogen-bond acceptors (Lipinski definition) is 4. The van der Waals surface area contributed by atoms with E-state index in [1.54, 1.807) is 4.90 Å². The number of rotatable bonds is 1. The molecular formula is C5H7N5O. The van der Waals surface area contributed by atoms with Gasteiger partial charge in [-0.15, -0.1) is 10.2 Å². The fraction of sp³-hybridized carbons (Fsp3) is 0.600. The molecular weight excluding hydrogens is 146 g/mol. The third-order valence-corrected chi connectivity index (χ3v) is 1.68. The maximum absolute atomic E-state index is 11.2. The van der Waals surface area contributed by atoms with Gasteiger partial charge < -0.3 is 4.90 Å². The molecule has 0 unspecified atom stereocenters. The van der Waals surface area contributed by atoms with Crippen molar-refractivity contribution in [2.24, 2.45) is 0 Å². The molecule has 1 aliphatic rings. The molecule has 6 nitrogen and oxygen atoms in total. The monoisotopic (exact) mass is 153 g/mol. The lowest BCUT2D eigenvalue weighted by Crippen LogP contribution is -2.42. The van der Waals surface area contributed by atoms with E-state index >= 15 is 0 Å². The molecule has 0 aliphatic carbocycles. The number of carbonyl (C=O) groups excluding carboxylic acids is 1. The number of nitrogens with one attached hydrogen (secondary N) is 1. The van der Waals surface area contributed by atoms with Crippen molar-refractivity contribution in [3.63, 3.8) is 0 Å². The summed E-state index contributed by atoms with van der Waals surface area (Å²) in [4.78, 5) is 12.9. The van der Waals surface area contributed by atoms with Crippen molar-refractivity contribution in [1.29, 1.82) is 0 Å². The first-order valence-electron chi connectivity index (χ1n) is 3.40. The molecule has 11 heavy (non-hydrogen) atoms.